The van der Waals surface area contributed by atoms with Gasteiger partial charge in [-0.25, -0.2) is 4.68 Å². The lowest BCUT2D eigenvalue weighted by Crippen LogP contribution is -2.12. The number of hydrogen-bond acceptors (Lipinski definition) is 2. The van der Waals surface area contributed by atoms with Crippen molar-refractivity contribution in [2.24, 2.45) is 0 Å². The number of nitrogens with zero attached hydrogens (tertiary/aromatic N) is 2. The lowest BCUT2D eigenvalue weighted by molar-refractivity contribution is 0.721. The summed E-state index contributed by atoms with van der Waals surface area (Å²) in [5.74, 6) is 0. The molecule has 0 saturated carbocycles. The van der Waals surface area contributed by atoms with Crippen LogP contribution in [0.2, 0.25) is 5.02 Å². The number of aromatic nitrogens is 2. The smallest absolute Gasteiger partial charge is 0.0663 e. The normalized spacial score (nSPS) is 10.8. The molecule has 1 heterocycles. The van der Waals surface area contributed by atoms with Gasteiger partial charge in [0.15, 0.2) is 0 Å². The zero-order valence-corrected chi connectivity index (χ0v) is 10.8. The summed E-state index contributed by atoms with van der Waals surface area (Å²) in [6, 6.07) is 7.72. The molecular formula is C13H16ClN3. The molecule has 0 aliphatic heterocycles. The Morgan fingerprint density at radius 2 is 2.24 bits per heavy atom. The molecule has 0 aliphatic rings. The summed E-state index contributed by atoms with van der Waals surface area (Å²) in [4.78, 5) is 0. The van der Waals surface area contributed by atoms with Crippen molar-refractivity contribution >= 4 is 11.6 Å². The van der Waals surface area contributed by atoms with Gasteiger partial charge in [-0.2, -0.15) is 5.10 Å². The first kappa shape index (κ1) is 12.1. The van der Waals surface area contributed by atoms with Gasteiger partial charge < -0.3 is 5.32 Å². The molecule has 90 valence electrons. The Bertz CT molecular complexity index is 505. The van der Waals surface area contributed by atoms with Gasteiger partial charge in [0.1, 0.15) is 0 Å². The van der Waals surface area contributed by atoms with Gasteiger partial charge in [-0.15, -0.1) is 0 Å². The van der Waals surface area contributed by atoms with E-state index in [1.54, 1.807) is 0 Å². The average Bonchev–Trinajstić information content (AvgIpc) is 2.68. The predicted octanol–water partition coefficient (Wildman–Crippen LogP) is 2.94. The van der Waals surface area contributed by atoms with Crippen LogP contribution < -0.4 is 5.32 Å². The maximum absolute atomic E-state index is 5.98. The van der Waals surface area contributed by atoms with Crippen LogP contribution in [-0.4, -0.2) is 16.3 Å². The average molecular weight is 250 g/mol. The molecule has 0 saturated heterocycles. The van der Waals surface area contributed by atoms with E-state index in [1.807, 2.05) is 35.1 Å². The quantitative estimate of drug-likeness (QED) is 0.903. The van der Waals surface area contributed by atoms with Crippen LogP contribution in [0.5, 0.6) is 0 Å². The Morgan fingerprint density at radius 1 is 1.41 bits per heavy atom. The third-order valence-corrected chi connectivity index (χ3v) is 2.96. The number of benzene rings is 1. The summed E-state index contributed by atoms with van der Waals surface area (Å²) < 4.78 is 1.92. The van der Waals surface area contributed by atoms with Crippen LogP contribution in [0.25, 0.3) is 5.69 Å². The van der Waals surface area contributed by atoms with Crippen molar-refractivity contribution in [1.29, 1.82) is 0 Å². The van der Waals surface area contributed by atoms with E-state index in [-0.39, 0.29) is 0 Å². The van der Waals surface area contributed by atoms with Crippen LogP contribution in [-0.2, 0) is 6.54 Å². The highest BCUT2D eigenvalue weighted by atomic mass is 35.5. The minimum Gasteiger partial charge on any atom is -0.313 e. The first-order valence-corrected chi connectivity index (χ1v) is 6.10. The highest BCUT2D eigenvalue weighted by molar-refractivity contribution is 6.30. The second-order valence-corrected chi connectivity index (χ2v) is 4.36. The van der Waals surface area contributed by atoms with Gasteiger partial charge in [-0.05, 0) is 31.7 Å². The Balaban J connectivity index is 2.30. The molecule has 1 aromatic carbocycles. The molecule has 0 bridgehead atoms. The van der Waals surface area contributed by atoms with E-state index in [0.717, 1.165) is 29.5 Å². The molecule has 0 atom stereocenters. The summed E-state index contributed by atoms with van der Waals surface area (Å²) in [6.07, 6.45) is 1.90. The van der Waals surface area contributed by atoms with Crippen molar-refractivity contribution in [2.75, 3.05) is 6.54 Å². The van der Waals surface area contributed by atoms with E-state index in [4.69, 9.17) is 11.6 Å². The maximum Gasteiger partial charge on any atom is 0.0663 e. The second kappa shape index (κ2) is 5.34. The van der Waals surface area contributed by atoms with Gasteiger partial charge in [-0.1, -0.05) is 24.6 Å². The fourth-order valence-electron chi connectivity index (χ4n) is 1.74. The van der Waals surface area contributed by atoms with Gasteiger partial charge >= 0.3 is 0 Å². The van der Waals surface area contributed by atoms with Crippen LogP contribution in [0.4, 0.5) is 0 Å². The molecule has 2 aromatic rings. The topological polar surface area (TPSA) is 29.9 Å². The van der Waals surface area contributed by atoms with Crippen LogP contribution >= 0.6 is 11.6 Å². The standard InChI is InChI=1S/C13H16ClN3/c1-3-15-8-11-9-16-17(10(11)2)13-6-4-5-12(14)7-13/h4-7,9,15H,3,8H2,1-2H3. The molecule has 17 heavy (non-hydrogen) atoms. The lowest BCUT2D eigenvalue weighted by atomic mass is 10.2. The zero-order chi connectivity index (χ0) is 12.3. The molecule has 2 rings (SSSR count). The molecule has 3 nitrogen and oxygen atoms in total. The fraction of sp³-hybridized carbons (Fsp3) is 0.308. The largest absolute Gasteiger partial charge is 0.313 e. The molecule has 0 radical (unpaired) electrons. The molecule has 1 aromatic heterocycles. The highest BCUT2D eigenvalue weighted by Gasteiger charge is 2.07. The maximum atomic E-state index is 5.98. The monoisotopic (exact) mass is 249 g/mol. The van der Waals surface area contributed by atoms with Crippen molar-refractivity contribution in [3.63, 3.8) is 0 Å². The molecule has 0 fully saturated rings. The van der Waals surface area contributed by atoms with Crippen molar-refractivity contribution < 1.29 is 0 Å². The zero-order valence-electron chi connectivity index (χ0n) is 10.1. The molecule has 1 N–H and O–H groups in total. The first-order chi connectivity index (χ1) is 8.22. The fourth-order valence-corrected chi connectivity index (χ4v) is 1.93. The van der Waals surface area contributed by atoms with Gasteiger partial charge in [0.05, 0.1) is 11.9 Å². The summed E-state index contributed by atoms with van der Waals surface area (Å²) in [7, 11) is 0. The molecule has 0 aliphatic carbocycles. The first-order valence-electron chi connectivity index (χ1n) is 5.72. The molecule has 0 spiro atoms. The van der Waals surface area contributed by atoms with E-state index < -0.39 is 0 Å². The number of rotatable bonds is 4. The van der Waals surface area contributed by atoms with Gasteiger partial charge in [0, 0.05) is 22.8 Å². The molecule has 0 unspecified atom stereocenters. The predicted molar refractivity (Wildman–Crippen MR) is 70.7 cm³/mol. The van der Waals surface area contributed by atoms with Crippen molar-refractivity contribution in [3.05, 3.63) is 46.7 Å². The van der Waals surface area contributed by atoms with Crippen molar-refractivity contribution in [3.8, 4) is 5.69 Å². The Labute approximate surface area is 106 Å². The third-order valence-electron chi connectivity index (χ3n) is 2.73. The van der Waals surface area contributed by atoms with Crippen LogP contribution in [0, 0.1) is 6.92 Å². The summed E-state index contributed by atoms with van der Waals surface area (Å²) in [5.41, 5.74) is 3.36. The van der Waals surface area contributed by atoms with E-state index in [1.165, 1.54) is 5.56 Å². The van der Waals surface area contributed by atoms with E-state index in [2.05, 4.69) is 24.3 Å². The molecule has 4 heteroatoms. The molecule has 0 amide bonds. The van der Waals surface area contributed by atoms with Crippen LogP contribution in [0.1, 0.15) is 18.2 Å². The minimum atomic E-state index is 0.727. The minimum absolute atomic E-state index is 0.727. The third kappa shape index (κ3) is 2.68. The van der Waals surface area contributed by atoms with E-state index >= 15 is 0 Å². The summed E-state index contributed by atoms with van der Waals surface area (Å²) in [6.45, 7) is 5.97. The second-order valence-electron chi connectivity index (χ2n) is 3.93. The summed E-state index contributed by atoms with van der Waals surface area (Å²) in [5, 5.41) is 8.43. The molecular weight excluding hydrogens is 234 g/mol. The number of hydrogen-bond donors (Lipinski definition) is 1. The Kier molecular flexibility index (Phi) is 3.82. The summed E-state index contributed by atoms with van der Waals surface area (Å²) >= 11 is 5.98. The SMILES string of the molecule is CCNCc1cnn(-c2cccc(Cl)c2)c1C. The van der Waals surface area contributed by atoms with Crippen molar-refractivity contribution in [1.82, 2.24) is 15.1 Å². The van der Waals surface area contributed by atoms with Crippen molar-refractivity contribution in [2.45, 2.75) is 20.4 Å². The van der Waals surface area contributed by atoms with Gasteiger partial charge in [0.25, 0.3) is 0 Å². The lowest BCUT2D eigenvalue weighted by Gasteiger charge is -2.06. The van der Waals surface area contributed by atoms with Crippen LogP contribution in [0.15, 0.2) is 30.5 Å². The number of halogens is 1. The van der Waals surface area contributed by atoms with E-state index in [9.17, 15) is 0 Å². The Morgan fingerprint density at radius 3 is 2.94 bits per heavy atom. The van der Waals surface area contributed by atoms with E-state index in [0.29, 0.717) is 0 Å². The van der Waals surface area contributed by atoms with Gasteiger partial charge in [0.2, 0.25) is 0 Å². The Hall–Kier alpha value is -1.32. The van der Waals surface area contributed by atoms with Crippen LogP contribution in [0.3, 0.4) is 0 Å². The highest BCUT2D eigenvalue weighted by Crippen LogP contribution is 2.17. The van der Waals surface area contributed by atoms with Gasteiger partial charge in [-0.3, -0.25) is 0 Å². The number of nitrogens with one attached hydrogen (secondary N) is 1.